The van der Waals surface area contributed by atoms with Crippen LogP contribution in [0.3, 0.4) is 0 Å². The number of benzene rings is 1. The lowest BCUT2D eigenvalue weighted by Gasteiger charge is -2.26. The first kappa shape index (κ1) is 12.4. The number of allylic oxidation sites excluding steroid dienone is 1. The molecule has 1 unspecified atom stereocenters. The number of rotatable bonds is 2. The Balaban J connectivity index is 2.01. The molecule has 0 saturated carbocycles. The number of fused-ring (bicyclic) bond motifs is 1. The number of carbonyl (C=O) groups excluding carboxylic acids is 1. The van der Waals surface area contributed by atoms with Crippen molar-refractivity contribution in [1.82, 2.24) is 14.8 Å². The second-order valence-corrected chi connectivity index (χ2v) is 4.74. The largest absolute Gasteiger partial charge is 0.329 e. The van der Waals surface area contributed by atoms with Crippen LogP contribution in [0.15, 0.2) is 42.6 Å². The maximum Gasteiger partial charge on any atom is 0.250 e. The number of nitrogens with one attached hydrogen (secondary N) is 2. The third-order valence-corrected chi connectivity index (χ3v) is 3.13. The van der Waals surface area contributed by atoms with Crippen LogP contribution in [0.5, 0.6) is 0 Å². The van der Waals surface area contributed by atoms with Gasteiger partial charge >= 0.3 is 0 Å². The van der Waals surface area contributed by atoms with Crippen LogP contribution in [0.4, 0.5) is 11.9 Å². The maximum atomic E-state index is 11.1. The lowest BCUT2D eigenvalue weighted by molar-refractivity contribution is -0.114. The van der Waals surface area contributed by atoms with E-state index in [4.69, 9.17) is 0 Å². The molecule has 6 nitrogen and oxygen atoms in total. The predicted octanol–water partition coefficient (Wildman–Crippen LogP) is 2.16. The summed E-state index contributed by atoms with van der Waals surface area (Å²) < 4.78 is 1.79. The van der Waals surface area contributed by atoms with Gasteiger partial charge in [0, 0.05) is 19.0 Å². The third-order valence-electron chi connectivity index (χ3n) is 3.13. The van der Waals surface area contributed by atoms with E-state index in [0.717, 1.165) is 17.7 Å². The number of hydrogen-bond acceptors (Lipinski definition) is 4. The molecule has 2 aromatic rings. The smallest absolute Gasteiger partial charge is 0.250 e. The molecule has 2 N–H and O–H groups in total. The molecule has 1 aliphatic rings. The van der Waals surface area contributed by atoms with Gasteiger partial charge < -0.3 is 5.32 Å². The van der Waals surface area contributed by atoms with E-state index in [1.165, 1.54) is 6.92 Å². The summed E-state index contributed by atoms with van der Waals surface area (Å²) in [4.78, 5) is 15.4. The Hall–Kier alpha value is -2.63. The maximum absolute atomic E-state index is 11.1. The molecular formula is C14H15N5O. The van der Waals surface area contributed by atoms with E-state index < -0.39 is 0 Å². The quantitative estimate of drug-likeness (QED) is 0.876. The van der Waals surface area contributed by atoms with Crippen LogP contribution in [0.1, 0.15) is 24.9 Å². The minimum absolute atomic E-state index is 0.0370. The SMILES string of the molecule is C=C1CC(c2ccccc2)n2nc(NC(C)=O)nc2N1. The zero-order valence-corrected chi connectivity index (χ0v) is 11.1. The molecule has 0 saturated heterocycles. The first-order valence-corrected chi connectivity index (χ1v) is 6.37. The monoisotopic (exact) mass is 269 g/mol. The fourth-order valence-corrected chi connectivity index (χ4v) is 2.30. The van der Waals surface area contributed by atoms with E-state index in [2.05, 4.69) is 27.3 Å². The minimum Gasteiger partial charge on any atom is -0.329 e. The van der Waals surface area contributed by atoms with Crippen molar-refractivity contribution >= 4 is 17.8 Å². The molecule has 6 heteroatoms. The third kappa shape index (κ3) is 2.27. The van der Waals surface area contributed by atoms with E-state index in [1.807, 2.05) is 30.3 Å². The predicted molar refractivity (Wildman–Crippen MR) is 76.3 cm³/mol. The van der Waals surface area contributed by atoms with Gasteiger partial charge in [0.05, 0.1) is 6.04 Å². The summed E-state index contributed by atoms with van der Waals surface area (Å²) in [6, 6.07) is 10.1. The van der Waals surface area contributed by atoms with Gasteiger partial charge in [-0.15, -0.1) is 5.10 Å². The molecule has 1 atom stereocenters. The second kappa shape index (κ2) is 4.80. The van der Waals surface area contributed by atoms with Gasteiger partial charge in [-0.1, -0.05) is 36.9 Å². The summed E-state index contributed by atoms with van der Waals surface area (Å²) >= 11 is 0. The van der Waals surface area contributed by atoms with E-state index in [-0.39, 0.29) is 11.9 Å². The van der Waals surface area contributed by atoms with Gasteiger partial charge in [-0.05, 0) is 5.56 Å². The zero-order chi connectivity index (χ0) is 14.1. The fourth-order valence-electron chi connectivity index (χ4n) is 2.30. The molecule has 3 rings (SSSR count). The van der Waals surface area contributed by atoms with Crippen LogP contribution >= 0.6 is 0 Å². The van der Waals surface area contributed by atoms with Crippen LogP contribution in [0, 0.1) is 0 Å². The van der Waals surface area contributed by atoms with Crippen molar-refractivity contribution in [3.8, 4) is 0 Å². The number of anilines is 2. The summed E-state index contributed by atoms with van der Waals surface area (Å²) in [7, 11) is 0. The Morgan fingerprint density at radius 1 is 1.45 bits per heavy atom. The van der Waals surface area contributed by atoms with E-state index >= 15 is 0 Å². The van der Waals surface area contributed by atoms with Gasteiger partial charge in [0.25, 0.3) is 5.95 Å². The molecule has 20 heavy (non-hydrogen) atoms. The Bertz CT molecular complexity index is 661. The normalized spacial score (nSPS) is 17.2. The van der Waals surface area contributed by atoms with Crippen LogP contribution in [0.2, 0.25) is 0 Å². The molecule has 0 bridgehead atoms. The number of nitrogens with zero attached hydrogens (tertiary/aromatic N) is 3. The van der Waals surface area contributed by atoms with Crippen molar-refractivity contribution < 1.29 is 4.79 Å². The van der Waals surface area contributed by atoms with Crippen molar-refractivity contribution in [3.05, 3.63) is 48.2 Å². The second-order valence-electron chi connectivity index (χ2n) is 4.74. The summed E-state index contributed by atoms with van der Waals surface area (Å²) in [6.07, 6.45) is 0.736. The Morgan fingerprint density at radius 3 is 2.90 bits per heavy atom. The minimum atomic E-state index is -0.192. The van der Waals surface area contributed by atoms with Gasteiger partial charge in [0.1, 0.15) is 0 Å². The standard InChI is InChI=1S/C14H15N5O/c1-9-8-12(11-6-4-3-5-7-11)19-14(15-9)17-13(18-19)16-10(2)20/h3-7,12H,1,8H2,2H3,(H2,15,16,17,18,20). The molecule has 2 heterocycles. The number of hydrogen-bond donors (Lipinski definition) is 2. The molecular weight excluding hydrogens is 254 g/mol. The molecule has 102 valence electrons. The summed E-state index contributed by atoms with van der Waals surface area (Å²) in [5.41, 5.74) is 2.02. The van der Waals surface area contributed by atoms with Crippen LogP contribution in [-0.4, -0.2) is 20.7 Å². The van der Waals surface area contributed by atoms with Crippen molar-refractivity contribution in [1.29, 1.82) is 0 Å². The number of amides is 1. The Labute approximate surface area is 116 Å². The highest BCUT2D eigenvalue weighted by atomic mass is 16.1. The first-order valence-electron chi connectivity index (χ1n) is 6.37. The van der Waals surface area contributed by atoms with E-state index in [0.29, 0.717) is 11.9 Å². The van der Waals surface area contributed by atoms with E-state index in [1.54, 1.807) is 4.68 Å². The van der Waals surface area contributed by atoms with Crippen LogP contribution in [0.25, 0.3) is 0 Å². The Morgan fingerprint density at radius 2 is 2.20 bits per heavy atom. The number of aromatic nitrogens is 3. The molecule has 0 radical (unpaired) electrons. The molecule has 1 aliphatic heterocycles. The van der Waals surface area contributed by atoms with E-state index in [9.17, 15) is 4.79 Å². The molecule has 0 fully saturated rings. The van der Waals surface area contributed by atoms with Gasteiger partial charge in [-0.2, -0.15) is 4.98 Å². The molecule has 1 amide bonds. The highest BCUT2D eigenvalue weighted by Gasteiger charge is 2.26. The lowest BCUT2D eigenvalue weighted by atomic mass is 10.0. The summed E-state index contributed by atoms with van der Waals surface area (Å²) in [6.45, 7) is 5.41. The van der Waals surface area contributed by atoms with Gasteiger partial charge in [-0.3, -0.25) is 10.1 Å². The first-order chi connectivity index (χ1) is 9.63. The zero-order valence-electron chi connectivity index (χ0n) is 11.1. The lowest BCUT2D eigenvalue weighted by Crippen LogP contribution is -2.23. The molecule has 1 aromatic heterocycles. The fraction of sp³-hybridized carbons (Fsp3) is 0.214. The number of carbonyl (C=O) groups is 1. The van der Waals surface area contributed by atoms with Gasteiger partial charge in [0.2, 0.25) is 11.9 Å². The van der Waals surface area contributed by atoms with Crippen molar-refractivity contribution in [3.63, 3.8) is 0 Å². The average molecular weight is 269 g/mol. The summed E-state index contributed by atoms with van der Waals surface area (Å²) in [5, 5.41) is 10.0. The Kier molecular flexibility index (Phi) is 2.98. The van der Waals surface area contributed by atoms with Gasteiger partial charge in [0.15, 0.2) is 0 Å². The summed E-state index contributed by atoms with van der Waals surface area (Å²) in [5.74, 6) is 0.706. The van der Waals surface area contributed by atoms with Crippen molar-refractivity contribution in [2.24, 2.45) is 0 Å². The van der Waals surface area contributed by atoms with Crippen LogP contribution in [-0.2, 0) is 4.79 Å². The van der Waals surface area contributed by atoms with Crippen LogP contribution < -0.4 is 10.6 Å². The van der Waals surface area contributed by atoms with Gasteiger partial charge in [-0.25, -0.2) is 4.68 Å². The highest BCUT2D eigenvalue weighted by molar-refractivity contribution is 5.86. The molecule has 0 aliphatic carbocycles. The molecule has 0 spiro atoms. The highest BCUT2D eigenvalue weighted by Crippen LogP contribution is 2.32. The van der Waals surface area contributed by atoms with Crippen molar-refractivity contribution in [2.45, 2.75) is 19.4 Å². The van der Waals surface area contributed by atoms with Crippen molar-refractivity contribution in [2.75, 3.05) is 10.6 Å². The molecule has 1 aromatic carbocycles. The topological polar surface area (TPSA) is 71.8 Å². The average Bonchev–Trinajstić information content (AvgIpc) is 2.79.